The van der Waals surface area contributed by atoms with Crippen LogP contribution >= 0.6 is 0 Å². The number of benzene rings is 1. The Morgan fingerprint density at radius 2 is 1.76 bits per heavy atom. The van der Waals surface area contributed by atoms with Crippen LogP contribution in [-0.2, 0) is 15.6 Å². The van der Waals surface area contributed by atoms with Crippen LogP contribution in [0.5, 0.6) is 5.75 Å². The molecule has 0 spiro atoms. The fraction of sp³-hybridized carbons (Fsp3) is 0.533. The number of hydrogen-bond acceptors (Lipinski definition) is 2. The normalized spacial score (nSPS) is 17.9. The average molecular weight is 232 g/mol. The third kappa shape index (κ3) is 1.76. The molecule has 2 rings (SSSR count). The second-order valence-electron chi connectivity index (χ2n) is 6.45. The number of carbonyl (C=O) groups is 1. The monoisotopic (exact) mass is 232 g/mol. The summed E-state index contributed by atoms with van der Waals surface area (Å²) in [4.78, 5) is 11.9. The first-order valence-electron chi connectivity index (χ1n) is 6.02. The number of rotatable bonds is 0. The Bertz CT molecular complexity index is 490. The van der Waals surface area contributed by atoms with E-state index in [4.69, 9.17) is 4.74 Å². The molecule has 92 valence electrons. The number of esters is 1. The lowest BCUT2D eigenvalue weighted by atomic mass is 9.79. The highest BCUT2D eigenvalue weighted by Gasteiger charge is 2.43. The molecule has 0 saturated heterocycles. The highest BCUT2D eigenvalue weighted by Crippen LogP contribution is 2.45. The van der Waals surface area contributed by atoms with E-state index >= 15 is 0 Å². The van der Waals surface area contributed by atoms with E-state index in [-0.39, 0.29) is 11.4 Å². The highest BCUT2D eigenvalue weighted by molar-refractivity contribution is 5.90. The number of fused-ring (bicyclic) bond motifs is 1. The predicted molar refractivity (Wildman–Crippen MR) is 68.5 cm³/mol. The predicted octanol–water partition coefficient (Wildman–Crippen LogP) is 3.49. The summed E-state index contributed by atoms with van der Waals surface area (Å²) in [6.07, 6.45) is 0. The Kier molecular flexibility index (Phi) is 2.39. The van der Waals surface area contributed by atoms with Gasteiger partial charge in [-0.1, -0.05) is 38.5 Å². The molecule has 1 heterocycles. The molecular weight excluding hydrogens is 212 g/mol. The average Bonchev–Trinajstić information content (AvgIpc) is 2.38. The molecule has 0 fully saturated rings. The van der Waals surface area contributed by atoms with E-state index in [0.29, 0.717) is 0 Å². The van der Waals surface area contributed by atoms with E-state index in [0.717, 1.165) is 16.9 Å². The van der Waals surface area contributed by atoms with E-state index < -0.39 is 5.41 Å². The molecule has 2 heteroatoms. The molecule has 0 unspecified atom stereocenters. The fourth-order valence-corrected chi connectivity index (χ4v) is 2.23. The summed E-state index contributed by atoms with van der Waals surface area (Å²) in [5, 5.41) is 0. The second-order valence-corrected chi connectivity index (χ2v) is 6.45. The van der Waals surface area contributed by atoms with E-state index in [1.807, 2.05) is 13.8 Å². The summed E-state index contributed by atoms with van der Waals surface area (Å²) >= 11 is 0. The first kappa shape index (κ1) is 12.2. The number of hydrogen-bond donors (Lipinski definition) is 0. The van der Waals surface area contributed by atoms with Gasteiger partial charge in [-0.25, -0.2) is 0 Å². The van der Waals surface area contributed by atoms with Crippen molar-refractivity contribution >= 4 is 5.97 Å². The lowest BCUT2D eigenvalue weighted by Gasteiger charge is -2.22. The molecule has 2 nitrogen and oxygen atoms in total. The van der Waals surface area contributed by atoms with Gasteiger partial charge in [0.25, 0.3) is 0 Å². The highest BCUT2D eigenvalue weighted by atomic mass is 16.5. The molecule has 0 radical (unpaired) electrons. The smallest absolute Gasteiger partial charge is 0.321 e. The molecule has 1 aromatic rings. The first-order chi connectivity index (χ1) is 7.64. The van der Waals surface area contributed by atoms with E-state index in [9.17, 15) is 4.79 Å². The molecule has 1 aliphatic rings. The maximum absolute atomic E-state index is 11.9. The van der Waals surface area contributed by atoms with Crippen molar-refractivity contribution < 1.29 is 9.53 Å². The molecule has 0 aromatic heterocycles. The summed E-state index contributed by atoms with van der Waals surface area (Å²) in [7, 11) is 0. The minimum atomic E-state index is -0.526. The molecule has 0 saturated carbocycles. The summed E-state index contributed by atoms with van der Waals surface area (Å²) < 4.78 is 5.50. The van der Waals surface area contributed by atoms with Gasteiger partial charge in [0.2, 0.25) is 0 Å². The van der Waals surface area contributed by atoms with E-state index in [1.165, 1.54) is 5.56 Å². The number of carbonyl (C=O) groups excluding carboxylic acids is 1. The summed E-state index contributed by atoms with van der Waals surface area (Å²) in [6, 6.07) is 4.18. The van der Waals surface area contributed by atoms with E-state index in [1.54, 1.807) is 0 Å². The Labute approximate surface area is 103 Å². The van der Waals surface area contributed by atoms with Crippen LogP contribution in [0, 0.1) is 6.92 Å². The van der Waals surface area contributed by atoms with Crippen molar-refractivity contribution in [3.8, 4) is 5.75 Å². The minimum absolute atomic E-state index is 0.0171. The van der Waals surface area contributed by atoms with Crippen LogP contribution in [0.25, 0.3) is 0 Å². The molecule has 0 N–H and O–H groups in total. The Morgan fingerprint density at radius 1 is 1.18 bits per heavy atom. The summed E-state index contributed by atoms with van der Waals surface area (Å²) in [6.45, 7) is 12.3. The van der Waals surface area contributed by atoms with Crippen LogP contribution in [-0.4, -0.2) is 5.97 Å². The Hall–Kier alpha value is -1.31. The maximum atomic E-state index is 11.9. The zero-order chi connectivity index (χ0) is 13.0. The molecule has 0 bridgehead atoms. The standard InChI is InChI=1S/C15H20O2/c1-9-7-10(14(2,3)4)12-11(8-9)15(5,6)13(16)17-12/h7-8H,1-6H3. The van der Waals surface area contributed by atoms with Gasteiger partial charge in [-0.2, -0.15) is 0 Å². The minimum Gasteiger partial charge on any atom is -0.425 e. The SMILES string of the molecule is Cc1cc(C(C)(C)C)c2c(c1)C(C)(C)C(=O)O2. The molecule has 1 aliphatic heterocycles. The Morgan fingerprint density at radius 3 is 2.29 bits per heavy atom. The Balaban J connectivity index is 2.74. The summed E-state index contributed by atoms with van der Waals surface area (Å²) in [5.41, 5.74) is 2.77. The van der Waals surface area contributed by atoms with Crippen molar-refractivity contribution in [2.75, 3.05) is 0 Å². The second kappa shape index (κ2) is 3.34. The van der Waals surface area contributed by atoms with Gasteiger partial charge in [0, 0.05) is 11.1 Å². The van der Waals surface area contributed by atoms with Crippen LogP contribution in [0.1, 0.15) is 51.3 Å². The van der Waals surface area contributed by atoms with Crippen molar-refractivity contribution in [2.45, 2.75) is 52.4 Å². The van der Waals surface area contributed by atoms with Gasteiger partial charge < -0.3 is 4.74 Å². The van der Waals surface area contributed by atoms with Gasteiger partial charge in [-0.3, -0.25) is 4.79 Å². The van der Waals surface area contributed by atoms with Crippen molar-refractivity contribution in [2.24, 2.45) is 0 Å². The van der Waals surface area contributed by atoms with Gasteiger partial charge >= 0.3 is 5.97 Å². The fourth-order valence-electron chi connectivity index (χ4n) is 2.23. The van der Waals surface area contributed by atoms with Crippen molar-refractivity contribution in [1.82, 2.24) is 0 Å². The quantitative estimate of drug-likeness (QED) is 0.505. The van der Waals surface area contributed by atoms with Gasteiger partial charge in [0.15, 0.2) is 0 Å². The van der Waals surface area contributed by atoms with Crippen molar-refractivity contribution in [3.05, 3.63) is 28.8 Å². The topological polar surface area (TPSA) is 26.3 Å². The number of aryl methyl sites for hydroxylation is 1. The van der Waals surface area contributed by atoms with Gasteiger partial charge in [0.1, 0.15) is 5.75 Å². The number of ether oxygens (including phenoxy) is 1. The molecule has 17 heavy (non-hydrogen) atoms. The van der Waals surface area contributed by atoms with Gasteiger partial charge in [-0.15, -0.1) is 0 Å². The third-order valence-electron chi connectivity index (χ3n) is 3.42. The first-order valence-corrected chi connectivity index (χ1v) is 6.02. The largest absolute Gasteiger partial charge is 0.425 e. The van der Waals surface area contributed by atoms with Crippen LogP contribution in [0.15, 0.2) is 12.1 Å². The molecule has 0 aliphatic carbocycles. The lowest BCUT2D eigenvalue weighted by molar-refractivity contribution is -0.137. The lowest BCUT2D eigenvalue weighted by Crippen LogP contribution is -2.25. The molecule has 0 atom stereocenters. The van der Waals surface area contributed by atoms with E-state index in [2.05, 4.69) is 39.8 Å². The van der Waals surface area contributed by atoms with Gasteiger partial charge in [0.05, 0.1) is 5.41 Å². The molecular formula is C15H20O2. The molecule has 0 amide bonds. The zero-order valence-electron chi connectivity index (χ0n) is 11.5. The van der Waals surface area contributed by atoms with Gasteiger partial charge in [-0.05, 0) is 26.2 Å². The maximum Gasteiger partial charge on any atom is 0.321 e. The van der Waals surface area contributed by atoms with Crippen LogP contribution in [0.2, 0.25) is 0 Å². The van der Waals surface area contributed by atoms with Crippen molar-refractivity contribution in [3.63, 3.8) is 0 Å². The molecule has 1 aromatic carbocycles. The van der Waals surface area contributed by atoms with Crippen LogP contribution < -0.4 is 4.74 Å². The van der Waals surface area contributed by atoms with Crippen molar-refractivity contribution in [1.29, 1.82) is 0 Å². The third-order valence-corrected chi connectivity index (χ3v) is 3.42. The zero-order valence-corrected chi connectivity index (χ0v) is 11.5. The summed E-state index contributed by atoms with van der Waals surface area (Å²) in [5.74, 6) is 0.627. The van der Waals surface area contributed by atoms with Crippen LogP contribution in [0.3, 0.4) is 0 Å². The van der Waals surface area contributed by atoms with Crippen LogP contribution in [0.4, 0.5) is 0 Å².